The summed E-state index contributed by atoms with van der Waals surface area (Å²) in [6, 6.07) is 0.418. The monoisotopic (exact) mass is 141 g/mol. The highest BCUT2D eigenvalue weighted by Crippen LogP contribution is 2.19. The SMILES string of the molecule is O=C1CNC2CCOCC12. The first-order valence-electron chi connectivity index (χ1n) is 3.72. The van der Waals surface area contributed by atoms with Crippen LogP contribution in [0.15, 0.2) is 0 Å². The highest BCUT2D eigenvalue weighted by Gasteiger charge is 2.36. The summed E-state index contributed by atoms with van der Waals surface area (Å²) >= 11 is 0. The van der Waals surface area contributed by atoms with Gasteiger partial charge in [-0.15, -0.1) is 0 Å². The van der Waals surface area contributed by atoms with E-state index in [4.69, 9.17) is 4.74 Å². The predicted molar refractivity (Wildman–Crippen MR) is 35.7 cm³/mol. The lowest BCUT2D eigenvalue weighted by molar-refractivity contribution is -0.122. The number of ether oxygens (including phenoxy) is 1. The maximum atomic E-state index is 11.1. The molecule has 2 atom stereocenters. The van der Waals surface area contributed by atoms with E-state index >= 15 is 0 Å². The molecule has 2 saturated heterocycles. The van der Waals surface area contributed by atoms with E-state index in [2.05, 4.69) is 5.32 Å². The van der Waals surface area contributed by atoms with Crippen LogP contribution in [0, 0.1) is 5.92 Å². The Morgan fingerprint density at radius 3 is 3.30 bits per heavy atom. The minimum Gasteiger partial charge on any atom is -0.381 e. The Morgan fingerprint density at radius 2 is 2.50 bits per heavy atom. The molecular weight excluding hydrogens is 130 g/mol. The van der Waals surface area contributed by atoms with Crippen molar-refractivity contribution in [3.05, 3.63) is 0 Å². The summed E-state index contributed by atoms with van der Waals surface area (Å²) in [4.78, 5) is 11.1. The van der Waals surface area contributed by atoms with Crippen LogP contribution in [0.1, 0.15) is 6.42 Å². The molecule has 2 fully saturated rings. The molecule has 2 aliphatic heterocycles. The van der Waals surface area contributed by atoms with Crippen molar-refractivity contribution in [2.75, 3.05) is 19.8 Å². The summed E-state index contributed by atoms with van der Waals surface area (Å²) < 4.78 is 5.19. The summed E-state index contributed by atoms with van der Waals surface area (Å²) in [5, 5.41) is 3.18. The van der Waals surface area contributed by atoms with Gasteiger partial charge in [-0.05, 0) is 6.42 Å². The van der Waals surface area contributed by atoms with Crippen LogP contribution in [0.5, 0.6) is 0 Å². The molecule has 2 heterocycles. The number of hydrogen-bond acceptors (Lipinski definition) is 3. The Hall–Kier alpha value is -0.410. The van der Waals surface area contributed by atoms with Crippen molar-refractivity contribution < 1.29 is 9.53 Å². The number of carbonyl (C=O) groups is 1. The second kappa shape index (κ2) is 2.32. The largest absolute Gasteiger partial charge is 0.381 e. The maximum Gasteiger partial charge on any atom is 0.153 e. The quantitative estimate of drug-likeness (QED) is 0.497. The Balaban J connectivity index is 2.08. The second-order valence-corrected chi connectivity index (χ2v) is 2.92. The first-order chi connectivity index (χ1) is 4.88. The van der Waals surface area contributed by atoms with Gasteiger partial charge in [0.25, 0.3) is 0 Å². The standard InChI is InChI=1S/C7H11NO2/c9-7-3-8-6-1-2-10-4-5(6)7/h5-6,8H,1-4H2. The van der Waals surface area contributed by atoms with E-state index in [0.29, 0.717) is 25.0 Å². The van der Waals surface area contributed by atoms with E-state index in [1.807, 2.05) is 0 Å². The molecule has 3 heteroatoms. The normalized spacial score (nSPS) is 39.8. The number of rotatable bonds is 0. The van der Waals surface area contributed by atoms with Gasteiger partial charge in [0.05, 0.1) is 19.1 Å². The van der Waals surface area contributed by atoms with Crippen molar-refractivity contribution in [2.45, 2.75) is 12.5 Å². The number of ketones is 1. The molecule has 2 aliphatic rings. The molecule has 0 spiro atoms. The smallest absolute Gasteiger partial charge is 0.153 e. The summed E-state index contributed by atoms with van der Waals surface area (Å²) in [6.45, 7) is 2.00. The third kappa shape index (κ3) is 0.859. The van der Waals surface area contributed by atoms with Crippen LogP contribution in [-0.4, -0.2) is 31.6 Å². The number of fused-ring (bicyclic) bond motifs is 1. The van der Waals surface area contributed by atoms with E-state index < -0.39 is 0 Å². The second-order valence-electron chi connectivity index (χ2n) is 2.92. The molecule has 0 aliphatic carbocycles. The molecule has 56 valence electrons. The molecule has 0 aromatic rings. The van der Waals surface area contributed by atoms with Crippen LogP contribution in [0.4, 0.5) is 0 Å². The van der Waals surface area contributed by atoms with Crippen molar-refractivity contribution in [1.29, 1.82) is 0 Å². The lowest BCUT2D eigenvalue weighted by Gasteiger charge is -2.23. The van der Waals surface area contributed by atoms with E-state index in [1.54, 1.807) is 0 Å². The van der Waals surface area contributed by atoms with Gasteiger partial charge < -0.3 is 10.1 Å². The van der Waals surface area contributed by atoms with Crippen molar-refractivity contribution in [3.8, 4) is 0 Å². The summed E-state index contributed by atoms with van der Waals surface area (Å²) in [5.41, 5.74) is 0. The third-order valence-corrected chi connectivity index (χ3v) is 2.31. The number of nitrogens with one attached hydrogen (secondary N) is 1. The lowest BCUT2D eigenvalue weighted by atomic mass is 9.97. The molecule has 10 heavy (non-hydrogen) atoms. The van der Waals surface area contributed by atoms with E-state index in [9.17, 15) is 4.79 Å². The molecule has 2 rings (SSSR count). The van der Waals surface area contributed by atoms with Gasteiger partial charge in [0, 0.05) is 12.6 Å². The molecule has 0 amide bonds. The van der Waals surface area contributed by atoms with Crippen molar-refractivity contribution in [1.82, 2.24) is 5.32 Å². The zero-order chi connectivity index (χ0) is 6.97. The first kappa shape index (κ1) is 6.31. The molecule has 0 aromatic heterocycles. The Bertz CT molecular complexity index is 158. The zero-order valence-electron chi connectivity index (χ0n) is 5.80. The Morgan fingerprint density at radius 1 is 1.60 bits per heavy atom. The number of carbonyl (C=O) groups excluding carboxylic acids is 1. The van der Waals surface area contributed by atoms with Gasteiger partial charge >= 0.3 is 0 Å². The van der Waals surface area contributed by atoms with Gasteiger partial charge in [0.1, 0.15) is 0 Å². The predicted octanol–water partition coefficient (Wildman–Crippen LogP) is -0.436. The summed E-state index contributed by atoms with van der Waals surface area (Å²) in [7, 11) is 0. The van der Waals surface area contributed by atoms with Crippen molar-refractivity contribution in [2.24, 2.45) is 5.92 Å². The van der Waals surface area contributed by atoms with Crippen LogP contribution >= 0.6 is 0 Å². The highest BCUT2D eigenvalue weighted by atomic mass is 16.5. The molecule has 3 nitrogen and oxygen atoms in total. The van der Waals surface area contributed by atoms with E-state index in [0.717, 1.165) is 13.0 Å². The average Bonchev–Trinajstić information content (AvgIpc) is 2.34. The molecule has 0 bridgehead atoms. The zero-order valence-corrected chi connectivity index (χ0v) is 5.80. The Kier molecular flexibility index (Phi) is 1.47. The summed E-state index contributed by atoms with van der Waals surface area (Å²) in [6.07, 6.45) is 0.996. The number of Topliss-reactive ketones (excluding diaryl/α,β-unsaturated/α-hetero) is 1. The van der Waals surface area contributed by atoms with E-state index in [1.165, 1.54) is 0 Å². The van der Waals surface area contributed by atoms with Crippen LogP contribution < -0.4 is 5.32 Å². The minimum absolute atomic E-state index is 0.161. The first-order valence-corrected chi connectivity index (χ1v) is 3.72. The van der Waals surface area contributed by atoms with Gasteiger partial charge in [-0.2, -0.15) is 0 Å². The van der Waals surface area contributed by atoms with Crippen LogP contribution in [0.2, 0.25) is 0 Å². The van der Waals surface area contributed by atoms with Gasteiger partial charge in [-0.25, -0.2) is 0 Å². The molecule has 1 N–H and O–H groups in total. The topological polar surface area (TPSA) is 38.3 Å². The van der Waals surface area contributed by atoms with Gasteiger partial charge in [-0.3, -0.25) is 4.79 Å². The van der Waals surface area contributed by atoms with E-state index in [-0.39, 0.29) is 5.92 Å². The summed E-state index contributed by atoms with van der Waals surface area (Å²) in [5.74, 6) is 0.485. The van der Waals surface area contributed by atoms with Gasteiger partial charge in [0.15, 0.2) is 5.78 Å². The minimum atomic E-state index is 0.161. The number of hydrogen-bond donors (Lipinski definition) is 1. The lowest BCUT2D eigenvalue weighted by Crippen LogP contribution is -2.36. The fourth-order valence-electron chi connectivity index (χ4n) is 1.66. The average molecular weight is 141 g/mol. The van der Waals surface area contributed by atoms with Crippen LogP contribution in [0.25, 0.3) is 0 Å². The van der Waals surface area contributed by atoms with Gasteiger partial charge in [-0.1, -0.05) is 0 Å². The molecular formula is C7H11NO2. The van der Waals surface area contributed by atoms with Crippen molar-refractivity contribution in [3.63, 3.8) is 0 Å². The maximum absolute atomic E-state index is 11.1. The molecule has 0 saturated carbocycles. The fraction of sp³-hybridized carbons (Fsp3) is 0.857. The van der Waals surface area contributed by atoms with Crippen LogP contribution in [0.3, 0.4) is 0 Å². The molecule has 0 aromatic carbocycles. The molecule has 2 unspecified atom stereocenters. The van der Waals surface area contributed by atoms with Crippen molar-refractivity contribution >= 4 is 5.78 Å². The van der Waals surface area contributed by atoms with Crippen LogP contribution in [-0.2, 0) is 9.53 Å². The molecule has 0 radical (unpaired) electrons. The fourth-order valence-corrected chi connectivity index (χ4v) is 1.66. The van der Waals surface area contributed by atoms with Gasteiger partial charge in [0.2, 0.25) is 0 Å². The third-order valence-electron chi connectivity index (χ3n) is 2.31. The Labute approximate surface area is 59.7 Å². The highest BCUT2D eigenvalue weighted by molar-refractivity contribution is 5.86.